The predicted octanol–water partition coefficient (Wildman–Crippen LogP) is 0.0434. The molecule has 2 aromatic rings. The van der Waals surface area contributed by atoms with Crippen molar-refractivity contribution in [3.63, 3.8) is 0 Å². The molecule has 0 unspecified atom stereocenters. The van der Waals surface area contributed by atoms with Crippen molar-refractivity contribution in [2.75, 3.05) is 13.2 Å². The molecule has 4 atom stereocenters. The molecule has 4 rings (SSSR count). The van der Waals surface area contributed by atoms with Gasteiger partial charge in [0.1, 0.15) is 12.2 Å². The molecule has 132 valence electrons. The Balaban J connectivity index is 1.48. The van der Waals surface area contributed by atoms with Crippen molar-refractivity contribution in [2.45, 2.75) is 38.1 Å². The molecule has 2 amide bonds. The van der Waals surface area contributed by atoms with Gasteiger partial charge in [-0.3, -0.25) is 9.59 Å². The minimum absolute atomic E-state index is 0.118. The van der Waals surface area contributed by atoms with Crippen LogP contribution in [0.1, 0.15) is 22.8 Å². The second kappa shape index (κ2) is 6.12. The number of aryl methyl sites for hydroxylation is 1. The first-order chi connectivity index (χ1) is 12.0. The molecule has 0 saturated carbocycles. The summed E-state index contributed by atoms with van der Waals surface area (Å²) in [6.45, 7) is 4.18. The van der Waals surface area contributed by atoms with Crippen LogP contribution in [0.2, 0.25) is 0 Å². The predicted molar refractivity (Wildman–Crippen MR) is 88.3 cm³/mol. The van der Waals surface area contributed by atoms with Gasteiger partial charge >= 0.3 is 0 Å². The summed E-state index contributed by atoms with van der Waals surface area (Å²) in [7, 11) is 0. The number of nitrogens with zero attached hydrogens (tertiary/aromatic N) is 2. The van der Waals surface area contributed by atoms with E-state index in [1.807, 2.05) is 25.3 Å². The van der Waals surface area contributed by atoms with E-state index in [1.54, 1.807) is 10.7 Å². The highest BCUT2D eigenvalue weighted by Gasteiger charge is 2.48. The van der Waals surface area contributed by atoms with Crippen molar-refractivity contribution >= 4 is 17.3 Å². The molecule has 2 aliphatic rings. The number of ether oxygens (including phenoxy) is 2. The number of pyridine rings is 1. The third kappa shape index (κ3) is 2.87. The third-order valence-electron chi connectivity index (χ3n) is 4.68. The first-order valence-electron chi connectivity index (χ1n) is 8.28. The number of aromatic nitrogens is 2. The lowest BCUT2D eigenvalue weighted by Crippen LogP contribution is -2.46. The van der Waals surface area contributed by atoms with Crippen LogP contribution in [0.3, 0.4) is 0 Å². The Bertz CT molecular complexity index is 833. The van der Waals surface area contributed by atoms with Crippen LogP contribution < -0.4 is 10.6 Å². The number of fused-ring (bicyclic) bond motifs is 2. The summed E-state index contributed by atoms with van der Waals surface area (Å²) in [5.41, 5.74) is 2.34. The maximum atomic E-state index is 12.7. The van der Waals surface area contributed by atoms with Gasteiger partial charge in [-0.15, -0.1) is 0 Å². The second-order valence-electron chi connectivity index (χ2n) is 6.58. The van der Waals surface area contributed by atoms with Crippen LogP contribution in [0.15, 0.2) is 24.5 Å². The van der Waals surface area contributed by atoms with Crippen molar-refractivity contribution in [1.82, 2.24) is 20.2 Å². The Morgan fingerprint density at radius 1 is 1.20 bits per heavy atom. The standard InChI is InChI=1S/C17H20N4O4/c1-9-3-4-21-14(5-9)11(6-18-21)17(23)20-13-8-25-15-12(19-10(2)22)7-24-16(13)15/h3-6,12-13,15-16H,7-8H2,1-2H3,(H,19,22)(H,20,23)/t12-,13-,15+,16+/m0/s1. The highest BCUT2D eigenvalue weighted by molar-refractivity contribution is 6.00. The van der Waals surface area contributed by atoms with E-state index in [0.29, 0.717) is 18.8 Å². The largest absolute Gasteiger partial charge is 0.371 e. The molecule has 2 fully saturated rings. The van der Waals surface area contributed by atoms with Crippen LogP contribution in [0.4, 0.5) is 0 Å². The first kappa shape index (κ1) is 16.0. The minimum Gasteiger partial charge on any atom is -0.371 e. The van der Waals surface area contributed by atoms with Gasteiger partial charge in [-0.1, -0.05) is 0 Å². The van der Waals surface area contributed by atoms with Gasteiger partial charge in [0.25, 0.3) is 5.91 Å². The van der Waals surface area contributed by atoms with Crippen LogP contribution in [0.5, 0.6) is 0 Å². The average molecular weight is 344 g/mol. The molecule has 0 spiro atoms. The van der Waals surface area contributed by atoms with Gasteiger partial charge in [-0.2, -0.15) is 5.10 Å². The molecule has 0 radical (unpaired) electrons. The number of amides is 2. The summed E-state index contributed by atoms with van der Waals surface area (Å²) in [5, 5.41) is 10.0. The van der Waals surface area contributed by atoms with Crippen LogP contribution in [-0.4, -0.2) is 58.9 Å². The number of carbonyl (C=O) groups is 2. The van der Waals surface area contributed by atoms with E-state index in [-0.39, 0.29) is 36.1 Å². The summed E-state index contributed by atoms with van der Waals surface area (Å²) in [6.07, 6.45) is 2.89. The number of carbonyl (C=O) groups excluding carboxylic acids is 2. The Labute approximate surface area is 144 Å². The van der Waals surface area contributed by atoms with E-state index >= 15 is 0 Å². The molecule has 2 N–H and O–H groups in total. The monoisotopic (exact) mass is 344 g/mol. The van der Waals surface area contributed by atoms with Gasteiger partial charge in [0.15, 0.2) is 0 Å². The van der Waals surface area contributed by atoms with E-state index in [4.69, 9.17) is 9.47 Å². The molecule has 0 aliphatic carbocycles. The van der Waals surface area contributed by atoms with Crippen molar-refractivity contribution < 1.29 is 19.1 Å². The van der Waals surface area contributed by atoms with Crippen LogP contribution in [0.25, 0.3) is 5.52 Å². The Morgan fingerprint density at radius 2 is 1.88 bits per heavy atom. The second-order valence-corrected chi connectivity index (χ2v) is 6.58. The Kier molecular flexibility index (Phi) is 3.93. The molecule has 0 bridgehead atoms. The van der Waals surface area contributed by atoms with Crippen LogP contribution in [0, 0.1) is 6.92 Å². The highest BCUT2D eigenvalue weighted by atomic mass is 16.6. The first-order valence-corrected chi connectivity index (χ1v) is 8.28. The summed E-state index contributed by atoms with van der Waals surface area (Å²) < 4.78 is 13.2. The molecule has 2 saturated heterocycles. The topological polar surface area (TPSA) is 94.0 Å². The zero-order valence-corrected chi connectivity index (χ0v) is 14.1. The lowest BCUT2D eigenvalue weighted by molar-refractivity contribution is -0.120. The van der Waals surface area contributed by atoms with E-state index in [1.165, 1.54) is 6.92 Å². The lowest BCUT2D eigenvalue weighted by Gasteiger charge is -2.17. The number of hydrogen-bond donors (Lipinski definition) is 2. The van der Waals surface area contributed by atoms with E-state index < -0.39 is 0 Å². The lowest BCUT2D eigenvalue weighted by atomic mass is 10.1. The van der Waals surface area contributed by atoms with Crippen LogP contribution in [-0.2, 0) is 14.3 Å². The Morgan fingerprint density at radius 3 is 2.56 bits per heavy atom. The number of hydrogen-bond acceptors (Lipinski definition) is 5. The molecular weight excluding hydrogens is 324 g/mol. The molecule has 8 heteroatoms. The van der Waals surface area contributed by atoms with Gasteiger partial charge in [-0.25, -0.2) is 4.52 Å². The van der Waals surface area contributed by atoms with E-state index in [9.17, 15) is 9.59 Å². The van der Waals surface area contributed by atoms with Crippen molar-refractivity contribution in [1.29, 1.82) is 0 Å². The maximum Gasteiger partial charge on any atom is 0.255 e. The quantitative estimate of drug-likeness (QED) is 0.820. The molecule has 8 nitrogen and oxygen atoms in total. The SMILES string of the molecule is CC(=O)N[C@H]1CO[C@H]2[C@@H]1OC[C@@H]2NC(=O)c1cnn2ccc(C)cc12. The van der Waals surface area contributed by atoms with Gasteiger partial charge < -0.3 is 20.1 Å². The summed E-state index contributed by atoms with van der Waals surface area (Å²) in [6, 6.07) is 3.43. The summed E-state index contributed by atoms with van der Waals surface area (Å²) in [5.74, 6) is -0.325. The zero-order chi connectivity index (χ0) is 17.6. The van der Waals surface area contributed by atoms with Gasteiger partial charge in [0, 0.05) is 13.1 Å². The molecule has 0 aromatic carbocycles. The minimum atomic E-state index is -0.260. The fraction of sp³-hybridized carbons (Fsp3) is 0.471. The number of nitrogens with one attached hydrogen (secondary N) is 2. The van der Waals surface area contributed by atoms with Crippen molar-refractivity contribution in [3.8, 4) is 0 Å². The molecule has 4 heterocycles. The Hall–Kier alpha value is -2.45. The number of rotatable bonds is 3. The zero-order valence-electron chi connectivity index (χ0n) is 14.1. The van der Waals surface area contributed by atoms with Crippen molar-refractivity contribution in [3.05, 3.63) is 35.7 Å². The van der Waals surface area contributed by atoms with Crippen molar-refractivity contribution in [2.24, 2.45) is 0 Å². The highest BCUT2D eigenvalue weighted by Crippen LogP contribution is 2.27. The molecular formula is C17H20N4O4. The summed E-state index contributed by atoms with van der Waals surface area (Å²) in [4.78, 5) is 23.9. The molecule has 2 aliphatic heterocycles. The summed E-state index contributed by atoms with van der Waals surface area (Å²) >= 11 is 0. The smallest absolute Gasteiger partial charge is 0.255 e. The fourth-order valence-electron chi connectivity index (χ4n) is 3.52. The average Bonchev–Trinajstić information content (AvgIpc) is 3.24. The molecule has 2 aromatic heterocycles. The van der Waals surface area contributed by atoms with Gasteiger partial charge in [-0.05, 0) is 24.6 Å². The van der Waals surface area contributed by atoms with Gasteiger partial charge in [0.2, 0.25) is 5.91 Å². The van der Waals surface area contributed by atoms with Crippen LogP contribution >= 0.6 is 0 Å². The van der Waals surface area contributed by atoms with E-state index in [0.717, 1.165) is 11.1 Å². The van der Waals surface area contributed by atoms with Gasteiger partial charge in [0.05, 0.1) is 42.6 Å². The normalized spacial score (nSPS) is 28.1. The van der Waals surface area contributed by atoms with E-state index in [2.05, 4.69) is 15.7 Å². The third-order valence-corrected chi connectivity index (χ3v) is 4.68. The maximum absolute atomic E-state index is 12.7. The fourth-order valence-corrected chi connectivity index (χ4v) is 3.52. The molecule has 25 heavy (non-hydrogen) atoms.